The van der Waals surface area contributed by atoms with Gasteiger partial charge < -0.3 is 15.0 Å². The van der Waals surface area contributed by atoms with Crippen molar-refractivity contribution in [2.45, 2.75) is 85.2 Å². The van der Waals surface area contributed by atoms with E-state index in [0.717, 1.165) is 31.4 Å². The van der Waals surface area contributed by atoms with Crippen LogP contribution in [0.25, 0.3) is 0 Å². The fourth-order valence-electron chi connectivity index (χ4n) is 4.73. The first-order chi connectivity index (χ1) is 16.5. The largest absolute Gasteiger partial charge is 0.363 e. The van der Waals surface area contributed by atoms with Crippen LogP contribution in [0, 0.1) is 11.3 Å². The Balaban J connectivity index is 1.90. The number of amides is 2. The van der Waals surface area contributed by atoms with Crippen LogP contribution in [0.4, 0.5) is 0 Å². The highest BCUT2D eigenvalue weighted by atomic mass is 16.5. The zero-order valence-electron chi connectivity index (χ0n) is 23.2. The molecule has 0 aliphatic heterocycles. The summed E-state index contributed by atoms with van der Waals surface area (Å²) in [5.41, 5.74) is 1.63. The van der Waals surface area contributed by atoms with Gasteiger partial charge in [-0.25, -0.2) is 0 Å². The van der Waals surface area contributed by atoms with Crippen molar-refractivity contribution in [3.8, 4) is 0 Å². The molecule has 0 aromatic carbocycles. The lowest BCUT2D eigenvalue weighted by Crippen LogP contribution is -2.38. The van der Waals surface area contributed by atoms with Crippen molar-refractivity contribution in [2.75, 3.05) is 33.3 Å². The Morgan fingerprint density at radius 1 is 1.34 bits per heavy atom. The number of hydrogen-bond donors (Lipinski definition) is 1. The van der Waals surface area contributed by atoms with Gasteiger partial charge in [-0.2, -0.15) is 5.10 Å². The van der Waals surface area contributed by atoms with Gasteiger partial charge >= 0.3 is 0 Å². The van der Waals surface area contributed by atoms with E-state index >= 15 is 0 Å². The van der Waals surface area contributed by atoms with E-state index in [-0.39, 0.29) is 22.6 Å². The van der Waals surface area contributed by atoms with Crippen molar-refractivity contribution in [2.24, 2.45) is 23.4 Å². The lowest BCUT2D eigenvalue weighted by molar-refractivity contribution is -0.132. The molecule has 0 bridgehead atoms. The molecular weight excluding hydrogens is 442 g/mol. The maximum Gasteiger partial charge on any atom is 0.271 e. The topological polar surface area (TPSA) is 88.8 Å². The second-order valence-electron chi connectivity index (χ2n) is 10.9. The van der Waals surface area contributed by atoms with Crippen LogP contribution in [-0.4, -0.2) is 72.1 Å². The van der Waals surface area contributed by atoms with Crippen LogP contribution < -0.4 is 5.32 Å². The molecule has 198 valence electrons. The molecular formula is C27H47N5O3. The Morgan fingerprint density at radius 3 is 2.63 bits per heavy atom. The summed E-state index contributed by atoms with van der Waals surface area (Å²) in [7, 11) is 3.70. The molecule has 3 unspecified atom stereocenters. The van der Waals surface area contributed by atoms with Crippen molar-refractivity contribution in [3.63, 3.8) is 0 Å². The number of aromatic nitrogens is 2. The van der Waals surface area contributed by atoms with E-state index in [9.17, 15) is 9.59 Å². The van der Waals surface area contributed by atoms with Crippen LogP contribution in [0.5, 0.6) is 0 Å². The third kappa shape index (κ3) is 7.89. The van der Waals surface area contributed by atoms with E-state index in [1.165, 1.54) is 0 Å². The molecule has 0 spiro atoms. The summed E-state index contributed by atoms with van der Waals surface area (Å²) >= 11 is 0. The molecule has 8 heteroatoms. The number of rotatable bonds is 14. The Labute approximate surface area is 211 Å². The summed E-state index contributed by atoms with van der Waals surface area (Å²) in [6.07, 6.45) is 6.13. The predicted octanol–water partition coefficient (Wildman–Crippen LogP) is 3.99. The molecule has 1 aliphatic carbocycles. The quantitative estimate of drug-likeness (QED) is 0.400. The molecule has 2 amide bonds. The Morgan fingerprint density at radius 2 is 2.06 bits per heavy atom. The lowest BCUT2D eigenvalue weighted by atomic mass is 9.92. The first-order valence-corrected chi connectivity index (χ1v) is 13.2. The van der Waals surface area contributed by atoms with Gasteiger partial charge in [0, 0.05) is 45.4 Å². The smallest absolute Gasteiger partial charge is 0.271 e. The van der Waals surface area contributed by atoms with E-state index in [1.807, 2.05) is 38.9 Å². The van der Waals surface area contributed by atoms with Gasteiger partial charge in [-0.1, -0.05) is 41.0 Å². The zero-order chi connectivity index (χ0) is 26.2. The van der Waals surface area contributed by atoms with Crippen LogP contribution in [0.3, 0.4) is 0 Å². The standard InChI is InChI=1S/C27H47N5O3/c1-9-12-27(18-20(27)19-29-24(33)22(10-2)35-16-14-28-11-3)13-15-31(7)25(34)21-17-23(26(4,5)6)30-32(21)8/h14,17,20,22H,9-13,15-16,18-19H2,1-8H3,(H,29,33). The van der Waals surface area contributed by atoms with E-state index < -0.39 is 6.10 Å². The lowest BCUT2D eigenvalue weighted by Gasteiger charge is -2.23. The van der Waals surface area contributed by atoms with Crippen LogP contribution in [-0.2, 0) is 22.0 Å². The number of nitrogens with one attached hydrogen (secondary N) is 1. The summed E-state index contributed by atoms with van der Waals surface area (Å²) in [5, 5.41) is 7.66. The number of ether oxygens (including phenoxy) is 1. The average molecular weight is 490 g/mol. The van der Waals surface area contributed by atoms with E-state index in [0.29, 0.717) is 44.3 Å². The monoisotopic (exact) mass is 489 g/mol. The van der Waals surface area contributed by atoms with Gasteiger partial charge in [0.05, 0.1) is 12.3 Å². The summed E-state index contributed by atoms with van der Waals surface area (Å²) in [6, 6.07) is 1.91. The normalized spacial score (nSPS) is 20.7. The molecule has 0 saturated heterocycles. The van der Waals surface area contributed by atoms with Crippen LogP contribution in [0.1, 0.15) is 89.8 Å². The molecule has 1 saturated carbocycles. The molecule has 3 atom stereocenters. The zero-order valence-corrected chi connectivity index (χ0v) is 23.2. The highest BCUT2D eigenvalue weighted by Gasteiger charge is 2.52. The number of aliphatic imine (C=N–C) groups is 1. The maximum atomic E-state index is 13.1. The summed E-state index contributed by atoms with van der Waals surface area (Å²) < 4.78 is 7.37. The number of carbonyl (C=O) groups is 2. The molecule has 1 N–H and O–H groups in total. The van der Waals surface area contributed by atoms with Crippen molar-refractivity contribution < 1.29 is 14.3 Å². The third-order valence-electron chi connectivity index (χ3n) is 7.14. The Kier molecular flexibility index (Phi) is 10.5. The minimum atomic E-state index is -0.446. The third-order valence-corrected chi connectivity index (χ3v) is 7.14. The fourth-order valence-corrected chi connectivity index (χ4v) is 4.73. The van der Waals surface area contributed by atoms with Gasteiger partial charge in [-0.15, -0.1) is 0 Å². The molecule has 1 aromatic rings. The molecule has 1 aliphatic rings. The first-order valence-electron chi connectivity index (χ1n) is 13.2. The number of nitrogens with zero attached hydrogens (tertiary/aromatic N) is 4. The van der Waals surface area contributed by atoms with Crippen LogP contribution in [0.15, 0.2) is 11.1 Å². The van der Waals surface area contributed by atoms with Crippen LogP contribution >= 0.6 is 0 Å². The second kappa shape index (κ2) is 12.7. The highest BCUT2D eigenvalue weighted by Crippen LogP contribution is 2.58. The van der Waals surface area contributed by atoms with Crippen molar-refractivity contribution >= 4 is 18.0 Å². The second-order valence-corrected chi connectivity index (χ2v) is 10.9. The Hall–Kier alpha value is -2.22. The van der Waals surface area contributed by atoms with E-state index in [2.05, 4.69) is 43.1 Å². The average Bonchev–Trinajstić information content (AvgIpc) is 3.33. The van der Waals surface area contributed by atoms with Crippen molar-refractivity contribution in [1.29, 1.82) is 0 Å². The van der Waals surface area contributed by atoms with Gasteiger partial charge in [0.15, 0.2) is 0 Å². The number of hydrogen-bond acceptors (Lipinski definition) is 5. The molecule has 0 radical (unpaired) electrons. The summed E-state index contributed by atoms with van der Waals surface area (Å²) in [5.74, 6) is 0.397. The molecule has 8 nitrogen and oxygen atoms in total. The highest BCUT2D eigenvalue weighted by molar-refractivity contribution is 5.92. The van der Waals surface area contributed by atoms with Gasteiger partial charge in [0.2, 0.25) is 5.91 Å². The van der Waals surface area contributed by atoms with Gasteiger partial charge in [0.25, 0.3) is 5.91 Å². The Bertz CT molecular complexity index is 873. The molecule has 2 rings (SSSR count). The molecule has 35 heavy (non-hydrogen) atoms. The predicted molar refractivity (Wildman–Crippen MR) is 141 cm³/mol. The SMILES string of the molecule is CCCC1(CCN(C)C(=O)c2cc(C(C)(C)C)nn2C)CC1CNC(=O)C(CC)OCC=NCC. The van der Waals surface area contributed by atoms with Crippen LogP contribution in [0.2, 0.25) is 0 Å². The number of carbonyl (C=O) groups excluding carboxylic acids is 2. The van der Waals surface area contributed by atoms with Crippen molar-refractivity contribution in [3.05, 3.63) is 17.5 Å². The maximum absolute atomic E-state index is 13.1. The molecule has 1 aromatic heterocycles. The fraction of sp³-hybridized carbons (Fsp3) is 0.778. The van der Waals surface area contributed by atoms with E-state index in [1.54, 1.807) is 10.9 Å². The molecule has 1 fully saturated rings. The van der Waals surface area contributed by atoms with Gasteiger partial charge in [0.1, 0.15) is 11.8 Å². The van der Waals surface area contributed by atoms with Gasteiger partial charge in [-0.05, 0) is 50.0 Å². The summed E-state index contributed by atoms with van der Waals surface area (Å²) in [6.45, 7) is 14.9. The minimum Gasteiger partial charge on any atom is -0.363 e. The minimum absolute atomic E-state index is 0.00204. The number of aryl methyl sites for hydroxylation is 1. The first kappa shape index (κ1) is 29.0. The van der Waals surface area contributed by atoms with Gasteiger partial charge in [-0.3, -0.25) is 19.3 Å². The van der Waals surface area contributed by atoms with Crippen molar-refractivity contribution in [1.82, 2.24) is 20.0 Å². The molecule has 1 heterocycles. The van der Waals surface area contributed by atoms with E-state index in [4.69, 9.17) is 4.74 Å². The summed E-state index contributed by atoms with van der Waals surface area (Å²) in [4.78, 5) is 31.7.